The topological polar surface area (TPSA) is 232 Å². The number of benzene rings is 4. The molecule has 0 aromatic heterocycles. The zero-order valence-corrected chi connectivity index (χ0v) is 61.3. The second-order valence-electron chi connectivity index (χ2n) is 29.5. The lowest BCUT2D eigenvalue weighted by Crippen LogP contribution is -2.53. The normalized spacial score (nSPS) is 31.6. The van der Waals surface area contributed by atoms with Crippen molar-refractivity contribution in [2.45, 2.75) is 178 Å². The van der Waals surface area contributed by atoms with Gasteiger partial charge in [-0.15, -0.1) is 0 Å². The number of aryl methyl sites for hydroxylation is 2. The van der Waals surface area contributed by atoms with Crippen molar-refractivity contribution in [3.8, 4) is 11.5 Å². The minimum absolute atomic E-state index is 0.0352. The lowest BCUT2D eigenvalue weighted by atomic mass is 9.63. The number of halogens is 2. The molecule has 0 unspecified atom stereocenters. The summed E-state index contributed by atoms with van der Waals surface area (Å²) in [7, 11) is -8.05. The van der Waals surface area contributed by atoms with Crippen LogP contribution in [0.3, 0.4) is 0 Å². The Balaban J connectivity index is 0.000000198. The first-order chi connectivity index (χ1) is 46.6. The number of amides is 4. The molecule has 0 saturated heterocycles. The number of carbonyl (C=O) groups excluding carboxylic acids is 4. The number of nitrogens with one attached hydrogen (secondary N) is 2. The van der Waals surface area contributed by atoms with E-state index in [1.165, 1.54) is 22.3 Å². The van der Waals surface area contributed by atoms with Crippen LogP contribution in [0, 0.1) is 35.5 Å². The molecule has 0 radical (unpaired) electrons. The van der Waals surface area contributed by atoms with E-state index in [1.807, 2.05) is 65.8 Å². The molecule has 12 rings (SSSR count). The van der Waals surface area contributed by atoms with E-state index in [1.54, 1.807) is 72.2 Å². The largest absolute Gasteiger partial charge is 0.490 e. The number of nitrogens with zero attached hydrogens (tertiary/aromatic N) is 4. The smallest absolute Gasteiger partial charge is 0.264 e. The fourth-order valence-electron chi connectivity index (χ4n) is 17.0. The van der Waals surface area contributed by atoms with Crippen molar-refractivity contribution in [1.82, 2.24) is 19.2 Å². The Morgan fingerprint density at radius 3 is 1.32 bits per heavy atom. The number of fused-ring (bicyclic) bond motifs is 8. The summed E-state index contributed by atoms with van der Waals surface area (Å²) in [6, 6.07) is 22.5. The number of allylic oxidation sites excluding steroid dienone is 2. The van der Waals surface area contributed by atoms with Crippen molar-refractivity contribution in [2.75, 3.05) is 75.4 Å². The minimum Gasteiger partial charge on any atom is -0.490 e. The lowest BCUT2D eigenvalue weighted by molar-refractivity contribution is -0.140. The standard InChI is InChI=1S/2C38H50ClN3O6S/c2*1-5-41(6-2)35(43)21-38(45)18-7-9-25(3)26(4)49(46,47)40-36(44)28-12-16-34-33(20-28)42(22-29-11-14-32(29)38)23-37(24-48-34)17-8-10-27-19-30(39)13-15-31(27)37/h2*7,12-13,15-16,18-20,25-26,29,32,45H,5-6,8-11,14,17,21-24H2,1-4H3,(H,40,44)/b2*18-7+/t25-,26+,29-,32+,37-,38+;25-,26+,29-,32+,37-,38-/m00/s1. The molecule has 4 N–H and O–H groups in total. The summed E-state index contributed by atoms with van der Waals surface area (Å²) < 4.78 is 71.5. The maximum Gasteiger partial charge on any atom is 0.264 e. The molecule has 18 nitrogen and oxygen atoms in total. The van der Waals surface area contributed by atoms with Gasteiger partial charge < -0.3 is 39.3 Å². The van der Waals surface area contributed by atoms with Crippen LogP contribution in [0.2, 0.25) is 10.0 Å². The number of ether oxygens (including phenoxy) is 2. The molecule has 4 aliphatic heterocycles. The predicted octanol–water partition coefficient (Wildman–Crippen LogP) is 11.7. The van der Waals surface area contributed by atoms with E-state index in [0.29, 0.717) is 100.0 Å². The van der Waals surface area contributed by atoms with Gasteiger partial charge in [0.25, 0.3) is 11.8 Å². The van der Waals surface area contributed by atoms with Crippen LogP contribution in [0.1, 0.15) is 175 Å². The van der Waals surface area contributed by atoms with Crippen molar-refractivity contribution in [3.05, 3.63) is 141 Å². The van der Waals surface area contributed by atoms with Gasteiger partial charge >= 0.3 is 0 Å². The number of hydrogen-bond acceptors (Lipinski definition) is 14. The molecule has 12 atom stereocenters. The average molecular weight is 1420 g/mol. The molecule has 4 heterocycles. The third-order valence-electron chi connectivity index (χ3n) is 23.6. The highest BCUT2D eigenvalue weighted by atomic mass is 35.5. The maximum atomic E-state index is 13.5. The number of carbonyl (C=O) groups is 4. The molecule has 4 amide bonds. The van der Waals surface area contributed by atoms with Crippen LogP contribution in [0.5, 0.6) is 11.5 Å². The van der Waals surface area contributed by atoms with Crippen LogP contribution in [-0.2, 0) is 53.3 Å². The van der Waals surface area contributed by atoms with Crippen LogP contribution >= 0.6 is 23.2 Å². The fourth-order valence-corrected chi connectivity index (χ4v) is 19.9. The number of hydrogen-bond donors (Lipinski definition) is 4. The molecule has 4 aromatic carbocycles. The summed E-state index contributed by atoms with van der Waals surface area (Å²) in [4.78, 5) is 62.1. The summed E-state index contributed by atoms with van der Waals surface area (Å²) in [6.07, 6.45) is 16.8. The van der Waals surface area contributed by atoms with Crippen molar-refractivity contribution in [2.24, 2.45) is 35.5 Å². The maximum absolute atomic E-state index is 13.5. The summed E-state index contributed by atoms with van der Waals surface area (Å²) >= 11 is 12.9. The van der Waals surface area contributed by atoms with E-state index in [-0.39, 0.29) is 82.1 Å². The van der Waals surface area contributed by atoms with Gasteiger partial charge in [-0.2, -0.15) is 0 Å². The van der Waals surface area contributed by atoms with Crippen LogP contribution in [0.4, 0.5) is 11.4 Å². The van der Waals surface area contributed by atoms with Crippen LogP contribution in [-0.4, -0.2) is 148 Å². The van der Waals surface area contributed by atoms with Gasteiger partial charge in [0.1, 0.15) is 11.5 Å². The van der Waals surface area contributed by atoms with Crippen molar-refractivity contribution in [1.29, 1.82) is 0 Å². The zero-order chi connectivity index (χ0) is 70.3. The second-order valence-corrected chi connectivity index (χ2v) is 34.5. The summed E-state index contributed by atoms with van der Waals surface area (Å²) in [6.45, 7) is 20.1. The third-order valence-corrected chi connectivity index (χ3v) is 27.9. The van der Waals surface area contributed by atoms with Crippen molar-refractivity contribution < 1.29 is 55.7 Å². The van der Waals surface area contributed by atoms with Crippen LogP contribution in [0.25, 0.3) is 0 Å². The predicted molar refractivity (Wildman–Crippen MR) is 385 cm³/mol. The number of rotatable bonds is 8. The number of anilines is 2. The van der Waals surface area contributed by atoms with E-state index < -0.39 is 53.6 Å². The molecule has 2 spiro atoms. The summed E-state index contributed by atoms with van der Waals surface area (Å²) in [5.41, 5.74) is 3.30. The molecule has 8 aliphatic rings. The quantitative estimate of drug-likeness (QED) is 0.120. The van der Waals surface area contributed by atoms with Gasteiger partial charge in [-0.3, -0.25) is 19.2 Å². The van der Waals surface area contributed by atoms with Crippen LogP contribution < -0.4 is 28.7 Å². The van der Waals surface area contributed by atoms with Gasteiger partial charge in [0.2, 0.25) is 31.9 Å². The number of sulfonamides is 2. The van der Waals surface area contributed by atoms with Gasteiger partial charge in [0, 0.05) is 84.4 Å². The van der Waals surface area contributed by atoms with Gasteiger partial charge in [-0.25, -0.2) is 26.3 Å². The van der Waals surface area contributed by atoms with E-state index in [4.69, 9.17) is 32.7 Å². The highest BCUT2D eigenvalue weighted by Crippen LogP contribution is 2.52. The Bertz CT molecular complexity index is 3710. The zero-order valence-electron chi connectivity index (χ0n) is 58.2. The van der Waals surface area contributed by atoms with Gasteiger partial charge in [-0.1, -0.05) is 73.5 Å². The highest BCUT2D eigenvalue weighted by molar-refractivity contribution is 7.91. The van der Waals surface area contributed by atoms with Crippen molar-refractivity contribution in [3.63, 3.8) is 0 Å². The first-order valence-corrected chi connectivity index (χ1v) is 39.5. The Morgan fingerprint density at radius 2 is 0.959 bits per heavy atom. The second kappa shape index (κ2) is 29.4. The average Bonchev–Trinajstić information content (AvgIpc) is 1.41. The molecular weight excluding hydrogens is 1320 g/mol. The first kappa shape index (κ1) is 73.1. The molecule has 98 heavy (non-hydrogen) atoms. The molecule has 4 bridgehead atoms. The SMILES string of the molecule is CCN(CC)C(=O)C[C@@]1(O)/C=C/C[C@H](C)[C@@H](C)S(=O)(=O)NC(=O)c2ccc3c(c2)N(C[C@@H]2CC[C@H]21)C[C@@]1(CCCc2cc(Cl)ccc21)CO3.CCN(CC)C(=O)C[C@]1(O)/C=C/C[C@H](C)[C@@H](C)S(=O)(=O)NC(=O)c2ccc3c(c2)N(C[C@@H]2CC[C@H]21)C[C@@]1(CCCc2cc(Cl)ccc21)CO3. The van der Waals surface area contributed by atoms with E-state index in [2.05, 4.69) is 43.5 Å². The Labute approximate surface area is 590 Å². The monoisotopic (exact) mass is 1420 g/mol. The van der Waals surface area contributed by atoms with Gasteiger partial charge in [-0.05, 0) is 237 Å². The lowest BCUT2D eigenvalue weighted by Gasteiger charge is -2.49. The molecule has 22 heteroatoms. The molecule has 2 fully saturated rings. The fraction of sp³-hybridized carbons (Fsp3) is 0.579. The molecule has 2 saturated carbocycles. The van der Waals surface area contributed by atoms with E-state index in [9.17, 15) is 46.2 Å². The van der Waals surface area contributed by atoms with Crippen LogP contribution in [0.15, 0.2) is 97.1 Å². The highest BCUT2D eigenvalue weighted by Gasteiger charge is 2.52. The van der Waals surface area contributed by atoms with Gasteiger partial charge in [0.05, 0.1) is 59.1 Å². The Morgan fingerprint density at radius 1 is 0.571 bits per heavy atom. The van der Waals surface area contributed by atoms with Gasteiger partial charge in [0.15, 0.2) is 0 Å². The Hall–Kier alpha value is -6.16. The molecule has 4 aromatic rings. The van der Waals surface area contributed by atoms with E-state index >= 15 is 0 Å². The molecular formula is C76H100Cl2N6O12S2. The third kappa shape index (κ3) is 14.9. The first-order valence-electron chi connectivity index (χ1n) is 35.7. The minimum atomic E-state index is -4.02. The van der Waals surface area contributed by atoms with E-state index in [0.717, 1.165) is 75.6 Å². The Kier molecular flexibility index (Phi) is 21.9. The number of aliphatic hydroxyl groups is 2. The van der Waals surface area contributed by atoms with Crippen molar-refractivity contribution >= 4 is 78.3 Å². The summed E-state index contributed by atoms with van der Waals surface area (Å²) in [5, 5.41) is 24.5. The molecule has 532 valence electrons. The summed E-state index contributed by atoms with van der Waals surface area (Å²) in [5.74, 6) is -1.22. The molecule has 4 aliphatic carbocycles.